The molecular formula is C29H31FN8O2S. The smallest absolute Gasteiger partial charge is 0.305 e. The molecule has 10 nitrogen and oxygen atoms in total. The lowest BCUT2D eigenvalue weighted by atomic mass is 9.92. The van der Waals surface area contributed by atoms with Crippen LogP contribution in [0.1, 0.15) is 37.6 Å². The Labute approximate surface area is 242 Å². The summed E-state index contributed by atoms with van der Waals surface area (Å²) in [6.45, 7) is 8.01. The first-order chi connectivity index (χ1) is 19.5. The number of amides is 4. The molecule has 1 aliphatic rings. The van der Waals surface area contributed by atoms with Crippen LogP contribution in [-0.4, -0.2) is 45.1 Å². The number of nitrogens with one attached hydrogen (secondary N) is 2. The van der Waals surface area contributed by atoms with Crippen molar-refractivity contribution < 1.29 is 14.0 Å². The highest BCUT2D eigenvalue weighted by Gasteiger charge is 2.32. The average Bonchev–Trinajstić information content (AvgIpc) is 3.37. The number of nitrogens with zero attached hydrogens (tertiary/aromatic N) is 6. The van der Waals surface area contributed by atoms with Crippen molar-refractivity contribution in [2.45, 2.75) is 44.8 Å². The first kappa shape index (κ1) is 28.1. The highest BCUT2D eigenvalue weighted by Crippen LogP contribution is 2.34. The minimum Gasteiger partial charge on any atom is -0.305 e. The van der Waals surface area contributed by atoms with Crippen molar-refractivity contribution in [1.29, 1.82) is 0 Å². The number of anilines is 4. The minimum absolute atomic E-state index is 0.0693. The molecule has 0 atom stereocenters. The average molecular weight is 575 g/mol. The number of benzene rings is 2. The van der Waals surface area contributed by atoms with Crippen molar-refractivity contribution >= 4 is 46.8 Å². The molecule has 0 saturated heterocycles. The van der Waals surface area contributed by atoms with Gasteiger partial charge in [-0.05, 0) is 43.0 Å². The molecule has 0 fully saturated rings. The van der Waals surface area contributed by atoms with Gasteiger partial charge in [0.15, 0.2) is 5.16 Å². The highest BCUT2D eigenvalue weighted by atomic mass is 32.2. The Morgan fingerprint density at radius 3 is 2.51 bits per heavy atom. The molecule has 212 valence electrons. The van der Waals surface area contributed by atoms with Crippen molar-refractivity contribution in [3.63, 3.8) is 0 Å². The summed E-state index contributed by atoms with van der Waals surface area (Å²) in [7, 11) is 1.64. The number of carbonyl (C=O) groups excluding carboxylic acids is 2. The molecule has 0 aliphatic carbocycles. The third-order valence-corrected chi connectivity index (χ3v) is 7.27. The summed E-state index contributed by atoms with van der Waals surface area (Å²) in [5, 5.41) is 10.7. The number of para-hydroxylation sites is 1. The molecular weight excluding hydrogens is 543 g/mol. The number of carbonyl (C=O) groups is 2. The molecule has 1 aliphatic heterocycles. The van der Waals surface area contributed by atoms with E-state index in [1.54, 1.807) is 30.9 Å². The van der Waals surface area contributed by atoms with Gasteiger partial charge in [-0.3, -0.25) is 15.1 Å². The van der Waals surface area contributed by atoms with Gasteiger partial charge in [0.25, 0.3) is 0 Å². The molecule has 0 radical (unpaired) electrons. The highest BCUT2D eigenvalue weighted by molar-refractivity contribution is 7.98. The molecule has 2 aromatic heterocycles. The van der Waals surface area contributed by atoms with Crippen LogP contribution in [0, 0.1) is 12.7 Å². The van der Waals surface area contributed by atoms with E-state index in [2.05, 4.69) is 20.6 Å². The summed E-state index contributed by atoms with van der Waals surface area (Å²) < 4.78 is 16.7. The van der Waals surface area contributed by atoms with Gasteiger partial charge in [-0.2, -0.15) is 5.10 Å². The lowest BCUT2D eigenvalue weighted by Gasteiger charge is -2.35. The van der Waals surface area contributed by atoms with E-state index in [-0.39, 0.29) is 23.7 Å². The van der Waals surface area contributed by atoms with Crippen LogP contribution in [-0.2, 0) is 12.0 Å². The molecule has 3 heterocycles. The van der Waals surface area contributed by atoms with E-state index in [4.69, 9.17) is 5.10 Å². The SMILES string of the molecule is CSc1ncc2c(n1)N(C)C(=O)N(c1cc(NC(=O)Nc3cc(C(C)(C)C)nn3-c3ccccc3)c(F)cc1C)C2. The second-order valence-corrected chi connectivity index (χ2v) is 11.5. The molecule has 2 N–H and O–H groups in total. The van der Waals surface area contributed by atoms with Crippen molar-refractivity contribution in [3.05, 3.63) is 77.4 Å². The molecule has 12 heteroatoms. The fourth-order valence-electron chi connectivity index (χ4n) is 4.50. The van der Waals surface area contributed by atoms with Crippen LogP contribution >= 0.6 is 11.8 Å². The fourth-order valence-corrected chi connectivity index (χ4v) is 4.84. The number of halogens is 1. The van der Waals surface area contributed by atoms with Gasteiger partial charge < -0.3 is 5.32 Å². The molecule has 0 unspecified atom stereocenters. The Hall–Kier alpha value is -4.45. The Balaban J connectivity index is 1.42. The molecule has 0 spiro atoms. The molecule has 2 aromatic carbocycles. The number of urea groups is 2. The van der Waals surface area contributed by atoms with Gasteiger partial charge in [0.2, 0.25) is 0 Å². The summed E-state index contributed by atoms with van der Waals surface area (Å²) in [6, 6.07) is 13.0. The zero-order valence-electron chi connectivity index (χ0n) is 23.7. The van der Waals surface area contributed by atoms with Gasteiger partial charge in [0.05, 0.1) is 29.3 Å². The second kappa shape index (κ2) is 10.8. The van der Waals surface area contributed by atoms with Crippen LogP contribution < -0.4 is 20.4 Å². The standard InChI is InChI=1S/C29H31FN8O2S/c1-17-12-20(30)21(13-22(17)37-16-18-15-31-27(41-6)34-25(18)36(5)28(37)40)32-26(39)33-24-14-23(29(2,3)4)35-38(24)19-10-8-7-9-11-19/h7-15H,16H2,1-6H3,(H2,32,33,39). The number of aromatic nitrogens is 4. The first-order valence-electron chi connectivity index (χ1n) is 13.0. The van der Waals surface area contributed by atoms with E-state index in [0.29, 0.717) is 28.0 Å². The van der Waals surface area contributed by atoms with E-state index < -0.39 is 11.8 Å². The van der Waals surface area contributed by atoms with Gasteiger partial charge in [-0.15, -0.1) is 0 Å². The van der Waals surface area contributed by atoms with Gasteiger partial charge in [-0.1, -0.05) is 50.7 Å². The predicted molar refractivity (Wildman–Crippen MR) is 160 cm³/mol. The Morgan fingerprint density at radius 1 is 1.10 bits per heavy atom. The van der Waals surface area contributed by atoms with Crippen molar-refractivity contribution in [2.24, 2.45) is 0 Å². The predicted octanol–water partition coefficient (Wildman–Crippen LogP) is 6.35. The number of hydrogen-bond donors (Lipinski definition) is 2. The zero-order chi connectivity index (χ0) is 29.5. The van der Waals surface area contributed by atoms with Crippen LogP contribution in [0.15, 0.2) is 59.9 Å². The topological polar surface area (TPSA) is 108 Å². The van der Waals surface area contributed by atoms with E-state index in [9.17, 15) is 9.59 Å². The van der Waals surface area contributed by atoms with Gasteiger partial charge in [-0.25, -0.2) is 28.6 Å². The third-order valence-electron chi connectivity index (χ3n) is 6.71. The molecule has 4 amide bonds. The Morgan fingerprint density at radius 2 is 1.83 bits per heavy atom. The first-order valence-corrected chi connectivity index (χ1v) is 14.2. The normalized spacial score (nSPS) is 13.3. The number of fused-ring (bicyclic) bond motifs is 1. The zero-order valence-corrected chi connectivity index (χ0v) is 24.5. The number of aryl methyl sites for hydroxylation is 1. The summed E-state index contributed by atoms with van der Waals surface area (Å²) in [6.07, 6.45) is 3.56. The maximum atomic E-state index is 15.1. The number of rotatable bonds is 5. The van der Waals surface area contributed by atoms with Crippen LogP contribution in [0.2, 0.25) is 0 Å². The summed E-state index contributed by atoms with van der Waals surface area (Å²) in [5.41, 5.74) is 2.97. The summed E-state index contributed by atoms with van der Waals surface area (Å²) >= 11 is 1.39. The van der Waals surface area contributed by atoms with Gasteiger partial charge >= 0.3 is 12.1 Å². The van der Waals surface area contributed by atoms with E-state index in [1.807, 2.05) is 57.4 Å². The van der Waals surface area contributed by atoms with Gasteiger partial charge in [0.1, 0.15) is 17.5 Å². The summed E-state index contributed by atoms with van der Waals surface area (Å²) in [5.74, 6) is 0.340. The van der Waals surface area contributed by atoms with Crippen LogP contribution in [0.25, 0.3) is 5.69 Å². The molecule has 0 bridgehead atoms. The molecule has 41 heavy (non-hydrogen) atoms. The molecule has 4 aromatic rings. The monoisotopic (exact) mass is 574 g/mol. The Kier molecular flexibility index (Phi) is 7.43. The lowest BCUT2D eigenvalue weighted by molar-refractivity contribution is 0.251. The Bertz CT molecular complexity index is 1630. The third kappa shape index (κ3) is 5.60. The summed E-state index contributed by atoms with van der Waals surface area (Å²) in [4.78, 5) is 38.3. The van der Waals surface area contributed by atoms with Crippen molar-refractivity contribution in [3.8, 4) is 5.69 Å². The van der Waals surface area contributed by atoms with Crippen molar-refractivity contribution in [1.82, 2.24) is 19.7 Å². The van der Waals surface area contributed by atoms with Crippen LogP contribution in [0.4, 0.5) is 37.0 Å². The second-order valence-electron chi connectivity index (χ2n) is 10.7. The maximum absolute atomic E-state index is 15.1. The van der Waals surface area contributed by atoms with E-state index in [0.717, 1.165) is 16.9 Å². The van der Waals surface area contributed by atoms with Crippen molar-refractivity contribution in [2.75, 3.05) is 33.7 Å². The molecule has 0 saturated carbocycles. The maximum Gasteiger partial charge on any atom is 0.330 e. The van der Waals surface area contributed by atoms with Crippen LogP contribution in [0.3, 0.4) is 0 Å². The van der Waals surface area contributed by atoms with Crippen LogP contribution in [0.5, 0.6) is 0 Å². The fraction of sp³-hybridized carbons (Fsp3) is 0.276. The quantitative estimate of drug-likeness (QED) is 0.212. The molecule has 5 rings (SSSR count). The van der Waals surface area contributed by atoms with E-state index >= 15 is 4.39 Å². The minimum atomic E-state index is -0.651. The number of hydrogen-bond acceptors (Lipinski definition) is 6. The van der Waals surface area contributed by atoms with Gasteiger partial charge in [0, 0.05) is 30.3 Å². The number of thioether (sulfide) groups is 1. The lowest BCUT2D eigenvalue weighted by Crippen LogP contribution is -2.46. The largest absolute Gasteiger partial charge is 0.330 e. The van der Waals surface area contributed by atoms with E-state index in [1.165, 1.54) is 33.7 Å².